The number of benzene rings is 1. The Balaban J connectivity index is 2.02. The van der Waals surface area contributed by atoms with Crippen LogP contribution in [0.3, 0.4) is 0 Å². The molecule has 2 aromatic rings. The zero-order valence-electron chi connectivity index (χ0n) is 14.9. The lowest BCUT2D eigenvalue weighted by atomic mass is 10.2. The van der Waals surface area contributed by atoms with Gasteiger partial charge in [-0.2, -0.15) is 5.10 Å². The summed E-state index contributed by atoms with van der Waals surface area (Å²) in [7, 11) is 0. The number of carbonyl (C=O) groups excluding carboxylic acids is 1. The molecule has 6 nitrogen and oxygen atoms in total. The molecule has 2 rings (SSSR count). The Bertz CT molecular complexity index is 722. The SMILES string of the molecule is CCCCOc1ccc(C=NNC(=O)c2ccoc2C)cc1OCC. The molecule has 1 aromatic carbocycles. The summed E-state index contributed by atoms with van der Waals surface area (Å²) in [6.07, 6.45) is 5.10. The first-order valence-corrected chi connectivity index (χ1v) is 8.42. The summed E-state index contributed by atoms with van der Waals surface area (Å²) in [6.45, 7) is 6.96. The Labute approximate surface area is 147 Å². The van der Waals surface area contributed by atoms with Gasteiger partial charge in [0, 0.05) is 0 Å². The molecule has 1 aromatic heterocycles. The van der Waals surface area contributed by atoms with E-state index in [-0.39, 0.29) is 5.91 Å². The van der Waals surface area contributed by atoms with Gasteiger partial charge < -0.3 is 13.9 Å². The highest BCUT2D eigenvalue weighted by atomic mass is 16.5. The topological polar surface area (TPSA) is 73.1 Å². The minimum atomic E-state index is -0.313. The number of nitrogens with zero attached hydrogens (tertiary/aromatic N) is 1. The van der Waals surface area contributed by atoms with E-state index in [2.05, 4.69) is 17.5 Å². The van der Waals surface area contributed by atoms with Crippen LogP contribution >= 0.6 is 0 Å². The van der Waals surface area contributed by atoms with Gasteiger partial charge in [-0.05, 0) is 50.1 Å². The Morgan fingerprint density at radius 1 is 1.24 bits per heavy atom. The molecule has 0 saturated heterocycles. The highest BCUT2D eigenvalue weighted by molar-refractivity contribution is 5.95. The number of carbonyl (C=O) groups is 1. The number of ether oxygens (including phenoxy) is 2. The Kier molecular flexibility index (Phi) is 7.07. The maximum absolute atomic E-state index is 12.0. The number of hydrogen-bond donors (Lipinski definition) is 1. The average Bonchev–Trinajstić information content (AvgIpc) is 3.03. The number of unbranched alkanes of at least 4 members (excludes halogenated alkanes) is 1. The van der Waals surface area contributed by atoms with Crippen molar-refractivity contribution in [3.8, 4) is 11.5 Å². The summed E-state index contributed by atoms with van der Waals surface area (Å²) in [4.78, 5) is 12.0. The van der Waals surface area contributed by atoms with Crippen LogP contribution in [0.4, 0.5) is 0 Å². The van der Waals surface area contributed by atoms with Gasteiger partial charge in [-0.1, -0.05) is 13.3 Å². The van der Waals surface area contributed by atoms with Gasteiger partial charge in [-0.3, -0.25) is 4.79 Å². The number of aryl methyl sites for hydroxylation is 1. The van der Waals surface area contributed by atoms with Crippen LogP contribution in [0.25, 0.3) is 0 Å². The Morgan fingerprint density at radius 3 is 2.76 bits per heavy atom. The summed E-state index contributed by atoms with van der Waals surface area (Å²) in [5.74, 6) is 1.62. The van der Waals surface area contributed by atoms with Crippen molar-refractivity contribution in [3.05, 3.63) is 47.4 Å². The number of rotatable bonds is 9. The molecule has 6 heteroatoms. The summed E-state index contributed by atoms with van der Waals surface area (Å²) < 4.78 is 16.5. The van der Waals surface area contributed by atoms with E-state index in [1.165, 1.54) is 6.26 Å². The lowest BCUT2D eigenvalue weighted by Gasteiger charge is -2.12. The molecule has 0 aliphatic carbocycles. The average molecular weight is 344 g/mol. The molecule has 0 radical (unpaired) electrons. The number of hydrogen-bond acceptors (Lipinski definition) is 5. The van der Waals surface area contributed by atoms with E-state index in [0.717, 1.165) is 18.4 Å². The standard InChI is InChI=1S/C19H24N2O4/c1-4-6-10-25-17-8-7-15(12-18(17)23-5-2)13-20-21-19(22)16-9-11-24-14(16)3/h7-9,11-13H,4-6,10H2,1-3H3,(H,21,22). The highest BCUT2D eigenvalue weighted by Gasteiger charge is 2.10. The van der Waals surface area contributed by atoms with Crippen molar-refractivity contribution in [1.29, 1.82) is 0 Å². The van der Waals surface area contributed by atoms with Crippen LogP contribution in [0.15, 0.2) is 40.0 Å². The maximum Gasteiger partial charge on any atom is 0.274 e. The monoisotopic (exact) mass is 344 g/mol. The molecule has 0 spiro atoms. The molecule has 0 aliphatic heterocycles. The molecular weight excluding hydrogens is 320 g/mol. The fourth-order valence-electron chi connectivity index (χ4n) is 2.17. The highest BCUT2D eigenvalue weighted by Crippen LogP contribution is 2.28. The van der Waals surface area contributed by atoms with Gasteiger partial charge in [0.1, 0.15) is 5.76 Å². The van der Waals surface area contributed by atoms with Crippen molar-refractivity contribution in [1.82, 2.24) is 5.43 Å². The van der Waals surface area contributed by atoms with Gasteiger partial charge >= 0.3 is 0 Å². The first-order chi connectivity index (χ1) is 12.2. The van der Waals surface area contributed by atoms with Crippen LogP contribution in [-0.4, -0.2) is 25.3 Å². The van der Waals surface area contributed by atoms with Crippen molar-refractivity contribution >= 4 is 12.1 Å². The predicted octanol–water partition coefficient (Wildman–Crippen LogP) is 3.93. The molecule has 0 aliphatic rings. The van der Waals surface area contributed by atoms with Crippen LogP contribution in [0, 0.1) is 6.92 Å². The summed E-state index contributed by atoms with van der Waals surface area (Å²) in [5.41, 5.74) is 3.75. The summed E-state index contributed by atoms with van der Waals surface area (Å²) in [6, 6.07) is 7.16. The van der Waals surface area contributed by atoms with Crippen LogP contribution in [-0.2, 0) is 0 Å². The van der Waals surface area contributed by atoms with E-state index >= 15 is 0 Å². The molecule has 0 atom stereocenters. The molecule has 0 saturated carbocycles. The zero-order chi connectivity index (χ0) is 18.1. The van der Waals surface area contributed by atoms with E-state index < -0.39 is 0 Å². The lowest BCUT2D eigenvalue weighted by Crippen LogP contribution is -2.17. The van der Waals surface area contributed by atoms with Gasteiger partial charge in [0.15, 0.2) is 11.5 Å². The fourth-order valence-corrected chi connectivity index (χ4v) is 2.17. The van der Waals surface area contributed by atoms with Crippen LogP contribution in [0.2, 0.25) is 0 Å². The van der Waals surface area contributed by atoms with Crippen molar-refractivity contribution in [2.75, 3.05) is 13.2 Å². The molecule has 1 N–H and O–H groups in total. The third-order valence-corrected chi connectivity index (χ3v) is 3.51. The lowest BCUT2D eigenvalue weighted by molar-refractivity contribution is 0.0953. The quantitative estimate of drug-likeness (QED) is 0.425. The number of amides is 1. The second-order valence-electron chi connectivity index (χ2n) is 5.43. The van der Waals surface area contributed by atoms with Crippen LogP contribution < -0.4 is 14.9 Å². The zero-order valence-corrected chi connectivity index (χ0v) is 14.9. The third-order valence-electron chi connectivity index (χ3n) is 3.51. The molecular formula is C19H24N2O4. The van der Waals surface area contributed by atoms with Crippen molar-refractivity contribution < 1.29 is 18.7 Å². The van der Waals surface area contributed by atoms with Gasteiger partial charge in [-0.15, -0.1) is 0 Å². The number of hydrazone groups is 1. The Morgan fingerprint density at radius 2 is 2.08 bits per heavy atom. The van der Waals surface area contributed by atoms with Gasteiger partial charge in [0.05, 0.1) is 31.3 Å². The molecule has 25 heavy (non-hydrogen) atoms. The van der Waals surface area contributed by atoms with E-state index in [0.29, 0.717) is 36.0 Å². The van der Waals surface area contributed by atoms with Gasteiger partial charge in [0.2, 0.25) is 0 Å². The maximum atomic E-state index is 12.0. The van der Waals surface area contributed by atoms with Crippen LogP contribution in [0.1, 0.15) is 48.4 Å². The number of nitrogens with one attached hydrogen (secondary N) is 1. The minimum absolute atomic E-state index is 0.313. The molecule has 1 heterocycles. The molecule has 0 bridgehead atoms. The molecule has 0 fully saturated rings. The Hall–Kier alpha value is -2.76. The first kappa shape index (κ1) is 18.6. The van der Waals surface area contributed by atoms with E-state index in [1.807, 2.05) is 25.1 Å². The minimum Gasteiger partial charge on any atom is -0.490 e. The van der Waals surface area contributed by atoms with E-state index in [9.17, 15) is 4.79 Å². The largest absolute Gasteiger partial charge is 0.490 e. The van der Waals surface area contributed by atoms with Gasteiger partial charge in [0.25, 0.3) is 5.91 Å². The van der Waals surface area contributed by atoms with Crippen molar-refractivity contribution in [2.45, 2.75) is 33.6 Å². The smallest absolute Gasteiger partial charge is 0.274 e. The third kappa shape index (κ3) is 5.38. The summed E-state index contributed by atoms with van der Waals surface area (Å²) >= 11 is 0. The van der Waals surface area contributed by atoms with E-state index in [4.69, 9.17) is 13.9 Å². The van der Waals surface area contributed by atoms with Crippen LogP contribution in [0.5, 0.6) is 11.5 Å². The molecule has 1 amide bonds. The number of furan rings is 1. The first-order valence-electron chi connectivity index (χ1n) is 8.42. The molecule has 134 valence electrons. The predicted molar refractivity (Wildman–Crippen MR) is 96.5 cm³/mol. The fraction of sp³-hybridized carbons (Fsp3) is 0.368. The van der Waals surface area contributed by atoms with Gasteiger partial charge in [-0.25, -0.2) is 5.43 Å². The van der Waals surface area contributed by atoms with Crippen molar-refractivity contribution in [3.63, 3.8) is 0 Å². The van der Waals surface area contributed by atoms with E-state index in [1.54, 1.807) is 19.2 Å². The normalized spacial score (nSPS) is 10.8. The summed E-state index contributed by atoms with van der Waals surface area (Å²) in [5, 5.41) is 3.98. The second-order valence-corrected chi connectivity index (χ2v) is 5.43. The second kappa shape index (κ2) is 9.52. The van der Waals surface area contributed by atoms with Crippen molar-refractivity contribution in [2.24, 2.45) is 5.10 Å². The molecule has 0 unspecified atom stereocenters.